The smallest absolute Gasteiger partial charge is 0.318 e. The van der Waals surface area contributed by atoms with Crippen molar-refractivity contribution in [3.05, 3.63) is 23.8 Å². The molecule has 150 valence electrons. The highest BCUT2D eigenvalue weighted by atomic mass is 32.2. The summed E-state index contributed by atoms with van der Waals surface area (Å²) in [5.74, 6) is 1.36. The highest BCUT2D eigenvalue weighted by Crippen LogP contribution is 2.31. The lowest BCUT2D eigenvalue weighted by atomic mass is 10.1. The maximum absolute atomic E-state index is 12.7. The van der Waals surface area contributed by atoms with Gasteiger partial charge in [-0.25, -0.2) is 13.2 Å². The summed E-state index contributed by atoms with van der Waals surface area (Å²) in [6, 6.07) is 4.80. The lowest BCUT2D eigenvalue weighted by Gasteiger charge is -2.37. The van der Waals surface area contributed by atoms with Gasteiger partial charge in [0.05, 0.1) is 31.3 Å². The fourth-order valence-corrected chi connectivity index (χ4v) is 5.58. The fourth-order valence-electron chi connectivity index (χ4n) is 3.62. The lowest BCUT2D eigenvalue weighted by Crippen LogP contribution is -2.60. The number of ether oxygens (including phenoxy) is 2. The van der Waals surface area contributed by atoms with Gasteiger partial charge in [-0.1, -0.05) is 19.1 Å². The number of fused-ring (bicyclic) bond motifs is 1. The molecule has 3 rings (SSSR count). The number of hydrogen-bond donors (Lipinski definition) is 2. The summed E-state index contributed by atoms with van der Waals surface area (Å²) in [5.41, 5.74) is 0.821. The van der Waals surface area contributed by atoms with Crippen LogP contribution in [0.25, 0.3) is 0 Å². The molecule has 2 heterocycles. The molecule has 2 N–H and O–H groups in total. The molecule has 8 nitrogen and oxygen atoms in total. The van der Waals surface area contributed by atoms with Crippen molar-refractivity contribution in [1.29, 1.82) is 0 Å². The molecule has 0 radical (unpaired) electrons. The van der Waals surface area contributed by atoms with Crippen molar-refractivity contribution in [1.82, 2.24) is 15.5 Å². The first-order valence-electron chi connectivity index (χ1n) is 9.22. The van der Waals surface area contributed by atoms with Crippen molar-refractivity contribution < 1.29 is 22.7 Å². The number of carbonyl (C=O) groups is 1. The summed E-state index contributed by atoms with van der Waals surface area (Å²) in [7, 11) is -1.53. The van der Waals surface area contributed by atoms with Gasteiger partial charge in [0.2, 0.25) is 0 Å². The van der Waals surface area contributed by atoms with Gasteiger partial charge in [-0.3, -0.25) is 0 Å². The Balaban J connectivity index is 1.69. The van der Waals surface area contributed by atoms with Crippen molar-refractivity contribution in [2.24, 2.45) is 0 Å². The number of sulfone groups is 1. The van der Waals surface area contributed by atoms with Crippen LogP contribution in [-0.4, -0.2) is 69.7 Å². The second kappa shape index (κ2) is 8.35. The van der Waals surface area contributed by atoms with Crippen LogP contribution in [0.15, 0.2) is 18.2 Å². The molecule has 0 aliphatic carbocycles. The van der Waals surface area contributed by atoms with Gasteiger partial charge in [-0.2, -0.15) is 0 Å². The zero-order chi connectivity index (χ0) is 19.4. The van der Waals surface area contributed by atoms with Gasteiger partial charge in [0, 0.05) is 31.2 Å². The van der Waals surface area contributed by atoms with Crippen molar-refractivity contribution in [3.63, 3.8) is 0 Å². The summed E-state index contributed by atoms with van der Waals surface area (Å²) < 4.78 is 35.0. The van der Waals surface area contributed by atoms with Crippen LogP contribution in [0, 0.1) is 0 Å². The second-order valence-corrected chi connectivity index (χ2v) is 9.01. The predicted octanol–water partition coefficient (Wildman–Crippen LogP) is 0.764. The number of nitrogens with one attached hydrogen (secondary N) is 2. The Morgan fingerprint density at radius 1 is 1.37 bits per heavy atom. The first-order chi connectivity index (χ1) is 12.9. The van der Waals surface area contributed by atoms with Gasteiger partial charge in [0.1, 0.15) is 0 Å². The molecule has 1 aromatic rings. The van der Waals surface area contributed by atoms with E-state index >= 15 is 0 Å². The second-order valence-electron chi connectivity index (χ2n) is 6.85. The standard InChI is InChI=1S/C18H27N3O5S/c1-3-9-26-17-13(5-4-6-16(17)25-2)10-20-18(22)21-8-7-19-14-11-27(23,24)12-15(14)21/h4-6,14-15,19H,3,7-12H2,1-2H3,(H,20,22)/t14-,15+/m0/s1. The maximum atomic E-state index is 12.7. The molecular weight excluding hydrogens is 370 g/mol. The van der Waals surface area contributed by atoms with E-state index in [9.17, 15) is 13.2 Å². The molecule has 0 spiro atoms. The Morgan fingerprint density at radius 2 is 2.19 bits per heavy atom. The summed E-state index contributed by atoms with van der Waals surface area (Å²) in [6.07, 6.45) is 0.863. The minimum Gasteiger partial charge on any atom is -0.493 e. The fraction of sp³-hybridized carbons (Fsp3) is 0.611. The molecule has 9 heteroatoms. The van der Waals surface area contributed by atoms with Crippen LogP contribution in [-0.2, 0) is 16.4 Å². The van der Waals surface area contributed by atoms with E-state index in [1.165, 1.54) is 0 Å². The van der Waals surface area contributed by atoms with E-state index in [0.717, 1.165) is 12.0 Å². The molecule has 2 amide bonds. The van der Waals surface area contributed by atoms with Crippen molar-refractivity contribution in [3.8, 4) is 11.5 Å². The maximum Gasteiger partial charge on any atom is 0.318 e. The SMILES string of the molecule is CCCOc1c(CNC(=O)N2CCN[C@H]3CS(=O)(=O)C[C@H]32)cccc1OC. The van der Waals surface area contributed by atoms with Crippen molar-refractivity contribution >= 4 is 15.9 Å². The van der Waals surface area contributed by atoms with E-state index in [0.29, 0.717) is 31.2 Å². The largest absolute Gasteiger partial charge is 0.493 e. The number of methoxy groups -OCH3 is 1. The summed E-state index contributed by atoms with van der Waals surface area (Å²) >= 11 is 0. The van der Waals surface area contributed by atoms with E-state index in [2.05, 4.69) is 10.6 Å². The quantitative estimate of drug-likeness (QED) is 0.736. The zero-order valence-electron chi connectivity index (χ0n) is 15.7. The lowest BCUT2D eigenvalue weighted by molar-refractivity contribution is 0.151. The number of urea groups is 1. The van der Waals surface area contributed by atoms with Gasteiger partial charge in [0.15, 0.2) is 21.3 Å². The minimum absolute atomic E-state index is 0.0160. The van der Waals surface area contributed by atoms with Crippen LogP contribution in [0.4, 0.5) is 4.79 Å². The molecular formula is C18H27N3O5S. The van der Waals surface area contributed by atoms with Gasteiger partial charge in [-0.15, -0.1) is 0 Å². The molecule has 1 aromatic carbocycles. The molecule has 27 heavy (non-hydrogen) atoms. The average molecular weight is 397 g/mol. The van der Waals surface area contributed by atoms with Crippen LogP contribution in [0.1, 0.15) is 18.9 Å². The number of para-hydroxylation sites is 1. The first-order valence-corrected chi connectivity index (χ1v) is 11.0. The van der Waals surface area contributed by atoms with Crippen LogP contribution >= 0.6 is 0 Å². The highest BCUT2D eigenvalue weighted by Gasteiger charge is 2.44. The third-order valence-electron chi connectivity index (χ3n) is 4.90. The number of nitrogens with zero attached hydrogens (tertiary/aromatic N) is 1. The average Bonchev–Trinajstić information content (AvgIpc) is 2.98. The number of carbonyl (C=O) groups excluding carboxylic acids is 1. The molecule has 0 saturated carbocycles. The Hall–Kier alpha value is -2.00. The summed E-state index contributed by atoms with van der Waals surface area (Å²) in [5, 5.41) is 6.11. The van der Waals surface area contributed by atoms with Crippen molar-refractivity contribution in [2.75, 3.05) is 38.3 Å². The monoisotopic (exact) mass is 397 g/mol. The third kappa shape index (κ3) is 4.47. The normalized spacial score (nSPS) is 23.6. The Morgan fingerprint density at radius 3 is 2.93 bits per heavy atom. The molecule has 2 saturated heterocycles. The highest BCUT2D eigenvalue weighted by molar-refractivity contribution is 7.91. The predicted molar refractivity (Wildman–Crippen MR) is 102 cm³/mol. The van der Waals surface area contributed by atoms with Gasteiger partial charge < -0.3 is 25.0 Å². The number of rotatable bonds is 6. The van der Waals surface area contributed by atoms with Crippen LogP contribution in [0.2, 0.25) is 0 Å². The molecule has 2 fully saturated rings. The van der Waals surface area contributed by atoms with Crippen molar-refractivity contribution in [2.45, 2.75) is 32.0 Å². The van der Waals surface area contributed by atoms with Gasteiger partial charge in [0.25, 0.3) is 0 Å². The Kier molecular flexibility index (Phi) is 6.11. The summed E-state index contributed by atoms with van der Waals surface area (Å²) in [6.45, 7) is 3.94. The van der Waals surface area contributed by atoms with E-state index < -0.39 is 9.84 Å². The van der Waals surface area contributed by atoms with Crippen LogP contribution in [0.3, 0.4) is 0 Å². The van der Waals surface area contributed by atoms with Gasteiger partial charge >= 0.3 is 6.03 Å². The Labute approximate surface area is 160 Å². The molecule has 2 aliphatic heterocycles. The first kappa shape index (κ1) is 19.8. The zero-order valence-corrected chi connectivity index (χ0v) is 16.5. The molecule has 0 unspecified atom stereocenters. The Bertz CT molecular complexity index is 783. The van der Waals surface area contributed by atoms with E-state index in [1.54, 1.807) is 12.0 Å². The molecule has 2 atom stereocenters. The molecule has 0 aromatic heterocycles. The minimum atomic E-state index is -3.11. The van der Waals surface area contributed by atoms with Crippen LogP contribution in [0.5, 0.6) is 11.5 Å². The van der Waals surface area contributed by atoms with Gasteiger partial charge in [-0.05, 0) is 12.5 Å². The number of piperazine rings is 1. The summed E-state index contributed by atoms with van der Waals surface area (Å²) in [4.78, 5) is 14.4. The van der Waals surface area contributed by atoms with E-state index in [1.807, 2.05) is 25.1 Å². The number of amides is 2. The topological polar surface area (TPSA) is 97.0 Å². The third-order valence-corrected chi connectivity index (χ3v) is 6.62. The number of benzene rings is 1. The molecule has 0 bridgehead atoms. The van der Waals surface area contributed by atoms with E-state index in [4.69, 9.17) is 9.47 Å². The molecule has 2 aliphatic rings. The van der Waals surface area contributed by atoms with Crippen LogP contribution < -0.4 is 20.1 Å². The number of hydrogen-bond acceptors (Lipinski definition) is 6. The van der Waals surface area contributed by atoms with E-state index in [-0.39, 0.29) is 36.2 Å².